The molecular formula is C32H65NO. The van der Waals surface area contributed by atoms with Crippen LogP contribution in [0.2, 0.25) is 0 Å². The predicted octanol–water partition coefficient (Wildman–Crippen LogP) is 10.9. The Labute approximate surface area is 216 Å². The van der Waals surface area contributed by atoms with Crippen LogP contribution in [-0.4, -0.2) is 5.91 Å². The first-order chi connectivity index (χ1) is 16.6. The summed E-state index contributed by atoms with van der Waals surface area (Å²) in [6.45, 7) is 9.04. The molecule has 1 unspecified atom stereocenters. The molecule has 1 atom stereocenters. The second-order valence-corrected chi connectivity index (χ2v) is 11.3. The maximum absolute atomic E-state index is 12.8. The molecule has 0 aliphatic rings. The number of rotatable bonds is 27. The lowest BCUT2D eigenvalue weighted by molar-refractivity contribution is -0.133. The van der Waals surface area contributed by atoms with Crippen molar-refractivity contribution in [3.63, 3.8) is 0 Å². The number of carbonyl (C=O) groups is 1. The smallest absolute Gasteiger partial charge is 0.223 e. The Morgan fingerprint density at radius 3 is 1.18 bits per heavy atom. The first-order valence-corrected chi connectivity index (χ1v) is 15.9. The molecule has 0 aromatic rings. The van der Waals surface area contributed by atoms with Gasteiger partial charge < -0.3 is 5.73 Å². The summed E-state index contributed by atoms with van der Waals surface area (Å²) in [6, 6.07) is 0. The van der Waals surface area contributed by atoms with Gasteiger partial charge in [-0.2, -0.15) is 0 Å². The number of hydrogen-bond acceptors (Lipinski definition) is 1. The van der Waals surface area contributed by atoms with Crippen molar-refractivity contribution in [2.24, 2.45) is 17.1 Å². The second kappa shape index (κ2) is 24.2. The SMILES string of the molecule is CCCCCCCCCCCCCCCCCC(CCCC)C(CCCC)(CCCC)C(N)=O. The molecule has 2 N–H and O–H groups in total. The molecule has 0 rings (SSSR count). The minimum Gasteiger partial charge on any atom is -0.369 e. The minimum absolute atomic E-state index is 0.00328. The van der Waals surface area contributed by atoms with E-state index < -0.39 is 0 Å². The molecule has 0 heterocycles. The van der Waals surface area contributed by atoms with Crippen molar-refractivity contribution in [3.05, 3.63) is 0 Å². The fourth-order valence-electron chi connectivity index (χ4n) is 5.87. The predicted molar refractivity (Wildman–Crippen MR) is 153 cm³/mol. The molecule has 0 aromatic heterocycles. The van der Waals surface area contributed by atoms with E-state index in [0.717, 1.165) is 38.5 Å². The van der Waals surface area contributed by atoms with Gasteiger partial charge in [0.25, 0.3) is 0 Å². The summed E-state index contributed by atoms with van der Waals surface area (Å²) >= 11 is 0. The van der Waals surface area contributed by atoms with E-state index in [0.29, 0.717) is 5.92 Å². The van der Waals surface area contributed by atoms with Crippen LogP contribution in [0, 0.1) is 11.3 Å². The average Bonchev–Trinajstić information content (AvgIpc) is 2.83. The number of carbonyl (C=O) groups excluding carboxylic acids is 1. The topological polar surface area (TPSA) is 43.1 Å². The van der Waals surface area contributed by atoms with E-state index in [1.54, 1.807) is 0 Å². The summed E-state index contributed by atoms with van der Waals surface area (Å²) in [5.74, 6) is 0.487. The Morgan fingerprint density at radius 2 is 0.824 bits per heavy atom. The number of amides is 1. The van der Waals surface area contributed by atoms with Crippen molar-refractivity contribution < 1.29 is 4.79 Å². The van der Waals surface area contributed by atoms with E-state index in [2.05, 4.69) is 27.7 Å². The number of unbranched alkanes of at least 4 members (excludes halogenated alkanes) is 17. The Bertz CT molecular complexity index is 425. The maximum Gasteiger partial charge on any atom is 0.223 e. The molecule has 0 saturated carbocycles. The first-order valence-electron chi connectivity index (χ1n) is 15.9. The first kappa shape index (κ1) is 33.5. The van der Waals surface area contributed by atoms with Crippen LogP contribution in [0.3, 0.4) is 0 Å². The zero-order chi connectivity index (χ0) is 25.3. The third kappa shape index (κ3) is 16.2. The maximum atomic E-state index is 12.8. The molecule has 0 saturated heterocycles. The molecule has 2 heteroatoms. The molecule has 2 nitrogen and oxygen atoms in total. The van der Waals surface area contributed by atoms with Gasteiger partial charge in [-0.1, -0.05) is 163 Å². The number of nitrogens with two attached hydrogens (primary N) is 1. The van der Waals surface area contributed by atoms with Gasteiger partial charge in [0.1, 0.15) is 0 Å². The van der Waals surface area contributed by atoms with Crippen molar-refractivity contribution in [2.45, 2.75) is 188 Å². The monoisotopic (exact) mass is 480 g/mol. The van der Waals surface area contributed by atoms with Crippen molar-refractivity contribution in [1.82, 2.24) is 0 Å². The molecule has 0 bridgehead atoms. The molecule has 1 amide bonds. The van der Waals surface area contributed by atoms with Gasteiger partial charge in [0.15, 0.2) is 0 Å². The normalized spacial score (nSPS) is 12.8. The zero-order valence-corrected chi connectivity index (χ0v) is 24.2. The summed E-state index contributed by atoms with van der Waals surface area (Å²) in [5.41, 5.74) is 5.89. The van der Waals surface area contributed by atoms with Gasteiger partial charge in [-0.05, 0) is 31.6 Å². The highest BCUT2D eigenvalue weighted by Crippen LogP contribution is 2.44. The van der Waals surface area contributed by atoms with Crippen LogP contribution in [0.15, 0.2) is 0 Å². The minimum atomic E-state index is -0.253. The molecule has 0 radical (unpaired) electrons. The molecule has 204 valence electrons. The van der Waals surface area contributed by atoms with Crippen molar-refractivity contribution in [3.8, 4) is 0 Å². The Hall–Kier alpha value is -0.530. The lowest BCUT2D eigenvalue weighted by Crippen LogP contribution is -2.43. The summed E-state index contributed by atoms with van der Waals surface area (Å²) < 4.78 is 0. The number of primary amides is 1. The largest absolute Gasteiger partial charge is 0.369 e. The lowest BCUT2D eigenvalue weighted by atomic mass is 9.65. The van der Waals surface area contributed by atoms with Crippen LogP contribution >= 0.6 is 0 Å². The Kier molecular flexibility index (Phi) is 23.8. The standard InChI is InChI=1S/C32H65NO/c1-5-9-13-14-15-16-17-18-19-20-21-22-23-24-25-27-30(26-10-6-2)32(31(33)34,28-11-7-3)29-12-8-4/h30H,5-29H2,1-4H3,(H2,33,34). The van der Waals surface area contributed by atoms with Crippen LogP contribution in [0.1, 0.15) is 188 Å². The van der Waals surface area contributed by atoms with Gasteiger partial charge in [-0.25, -0.2) is 0 Å². The third-order valence-electron chi connectivity index (χ3n) is 8.29. The van der Waals surface area contributed by atoms with Crippen molar-refractivity contribution in [2.75, 3.05) is 0 Å². The van der Waals surface area contributed by atoms with Gasteiger partial charge in [0, 0.05) is 0 Å². The van der Waals surface area contributed by atoms with Crippen LogP contribution in [0.5, 0.6) is 0 Å². The van der Waals surface area contributed by atoms with E-state index in [1.165, 1.54) is 122 Å². The molecule has 34 heavy (non-hydrogen) atoms. The summed E-state index contributed by atoms with van der Waals surface area (Å²) in [6.07, 6.45) is 32.5. The molecule has 0 aliphatic carbocycles. The summed E-state index contributed by atoms with van der Waals surface area (Å²) in [5, 5.41) is 0. The Morgan fingerprint density at radius 1 is 0.500 bits per heavy atom. The fourth-order valence-corrected chi connectivity index (χ4v) is 5.87. The highest BCUT2D eigenvalue weighted by Gasteiger charge is 2.42. The lowest BCUT2D eigenvalue weighted by Gasteiger charge is -2.39. The molecule has 0 fully saturated rings. The fraction of sp³-hybridized carbons (Fsp3) is 0.969. The third-order valence-corrected chi connectivity index (χ3v) is 8.29. The van der Waals surface area contributed by atoms with Crippen LogP contribution in [0.25, 0.3) is 0 Å². The van der Waals surface area contributed by atoms with E-state index in [-0.39, 0.29) is 11.3 Å². The van der Waals surface area contributed by atoms with Crippen molar-refractivity contribution >= 4 is 5.91 Å². The molecule has 0 spiro atoms. The van der Waals surface area contributed by atoms with Gasteiger partial charge in [0.05, 0.1) is 5.41 Å². The highest BCUT2D eigenvalue weighted by atomic mass is 16.1. The van der Waals surface area contributed by atoms with Gasteiger partial charge in [-0.15, -0.1) is 0 Å². The summed E-state index contributed by atoms with van der Waals surface area (Å²) in [4.78, 5) is 12.8. The Balaban J connectivity index is 4.21. The van der Waals surface area contributed by atoms with E-state index >= 15 is 0 Å². The van der Waals surface area contributed by atoms with Crippen LogP contribution in [0.4, 0.5) is 0 Å². The second-order valence-electron chi connectivity index (χ2n) is 11.3. The molecular weight excluding hydrogens is 414 g/mol. The average molecular weight is 480 g/mol. The molecule has 0 aromatic carbocycles. The van der Waals surface area contributed by atoms with Gasteiger partial charge >= 0.3 is 0 Å². The van der Waals surface area contributed by atoms with Crippen molar-refractivity contribution in [1.29, 1.82) is 0 Å². The summed E-state index contributed by atoms with van der Waals surface area (Å²) in [7, 11) is 0. The van der Waals surface area contributed by atoms with E-state index in [4.69, 9.17) is 5.73 Å². The van der Waals surface area contributed by atoms with Gasteiger partial charge in [0.2, 0.25) is 5.91 Å². The highest BCUT2D eigenvalue weighted by molar-refractivity contribution is 5.81. The molecule has 0 aliphatic heterocycles. The van der Waals surface area contributed by atoms with Crippen LogP contribution < -0.4 is 5.73 Å². The number of hydrogen-bond donors (Lipinski definition) is 1. The van der Waals surface area contributed by atoms with Crippen LogP contribution in [-0.2, 0) is 4.79 Å². The van der Waals surface area contributed by atoms with E-state index in [1.807, 2.05) is 0 Å². The van der Waals surface area contributed by atoms with E-state index in [9.17, 15) is 4.79 Å². The zero-order valence-electron chi connectivity index (χ0n) is 24.2. The quantitative estimate of drug-likeness (QED) is 0.117. The van der Waals surface area contributed by atoms with Gasteiger partial charge in [-0.3, -0.25) is 4.79 Å².